The summed E-state index contributed by atoms with van der Waals surface area (Å²) in [6, 6.07) is 7.88. The molecule has 0 unspecified atom stereocenters. The van der Waals surface area contributed by atoms with Gasteiger partial charge in [0, 0.05) is 24.1 Å². The van der Waals surface area contributed by atoms with Crippen molar-refractivity contribution in [2.75, 3.05) is 6.54 Å². The molecular formula is C18H17N3OS2. The van der Waals surface area contributed by atoms with E-state index in [2.05, 4.69) is 22.2 Å². The number of amides is 1. The van der Waals surface area contributed by atoms with E-state index >= 15 is 0 Å². The molecule has 0 bridgehead atoms. The van der Waals surface area contributed by atoms with E-state index < -0.39 is 0 Å². The third-order valence-corrected chi connectivity index (χ3v) is 5.20. The van der Waals surface area contributed by atoms with Crippen molar-refractivity contribution in [1.82, 2.24) is 14.5 Å². The highest BCUT2D eigenvalue weighted by atomic mass is 32.2. The van der Waals surface area contributed by atoms with Gasteiger partial charge in [0.15, 0.2) is 0 Å². The Kier molecular flexibility index (Phi) is 4.69. The summed E-state index contributed by atoms with van der Waals surface area (Å²) in [5, 5.41) is 0. The van der Waals surface area contributed by atoms with Gasteiger partial charge < -0.3 is 4.57 Å². The zero-order valence-electron chi connectivity index (χ0n) is 13.5. The maximum atomic E-state index is 12.5. The summed E-state index contributed by atoms with van der Waals surface area (Å²) in [4.78, 5) is 19.1. The maximum Gasteiger partial charge on any atom is 0.266 e. The van der Waals surface area contributed by atoms with Crippen LogP contribution >= 0.6 is 24.0 Å². The van der Waals surface area contributed by atoms with Gasteiger partial charge >= 0.3 is 0 Å². The summed E-state index contributed by atoms with van der Waals surface area (Å²) >= 11 is 6.61. The number of aromatic nitrogens is 2. The monoisotopic (exact) mass is 355 g/mol. The lowest BCUT2D eigenvalue weighted by Gasteiger charge is -2.10. The normalized spacial score (nSPS) is 16.2. The molecule has 0 atom stereocenters. The zero-order chi connectivity index (χ0) is 17.3. The molecule has 0 radical (unpaired) electrons. The molecule has 1 fully saturated rings. The first-order valence-corrected chi connectivity index (χ1v) is 8.72. The van der Waals surface area contributed by atoms with E-state index in [0.717, 1.165) is 22.8 Å². The van der Waals surface area contributed by atoms with Crippen LogP contribution in [0.4, 0.5) is 0 Å². The predicted molar refractivity (Wildman–Crippen MR) is 103 cm³/mol. The quantitative estimate of drug-likeness (QED) is 0.474. The summed E-state index contributed by atoms with van der Waals surface area (Å²) < 4.78 is 2.65. The Balaban J connectivity index is 1.99. The number of thiocarbonyl (C=S) groups is 1. The summed E-state index contributed by atoms with van der Waals surface area (Å²) in [6.07, 6.45) is 5.36. The van der Waals surface area contributed by atoms with Gasteiger partial charge in [0.05, 0.1) is 4.91 Å². The maximum absolute atomic E-state index is 12.5. The van der Waals surface area contributed by atoms with Crippen molar-refractivity contribution in [2.24, 2.45) is 0 Å². The Morgan fingerprint density at radius 3 is 2.83 bits per heavy atom. The summed E-state index contributed by atoms with van der Waals surface area (Å²) in [7, 11) is 0. The van der Waals surface area contributed by atoms with Crippen LogP contribution in [0, 0.1) is 13.8 Å². The van der Waals surface area contributed by atoms with E-state index in [4.69, 9.17) is 12.2 Å². The Labute approximate surface area is 150 Å². The van der Waals surface area contributed by atoms with Crippen LogP contribution in [0.3, 0.4) is 0 Å². The zero-order valence-corrected chi connectivity index (χ0v) is 15.2. The van der Waals surface area contributed by atoms with Gasteiger partial charge in [0.1, 0.15) is 10.1 Å². The van der Waals surface area contributed by atoms with Crippen molar-refractivity contribution in [3.8, 4) is 5.82 Å². The van der Waals surface area contributed by atoms with Crippen LogP contribution in [0.1, 0.15) is 17.0 Å². The Morgan fingerprint density at radius 1 is 1.38 bits per heavy atom. The van der Waals surface area contributed by atoms with Crippen molar-refractivity contribution in [3.05, 3.63) is 65.0 Å². The number of nitrogens with zero attached hydrogens (tertiary/aromatic N) is 3. The van der Waals surface area contributed by atoms with Crippen molar-refractivity contribution in [2.45, 2.75) is 13.8 Å². The molecule has 0 aliphatic carbocycles. The number of hydrogen-bond donors (Lipinski definition) is 0. The molecule has 0 aromatic carbocycles. The average Bonchev–Trinajstić information content (AvgIpc) is 2.99. The topological polar surface area (TPSA) is 38.1 Å². The number of rotatable bonds is 4. The smallest absolute Gasteiger partial charge is 0.266 e. The Morgan fingerprint density at radius 2 is 2.17 bits per heavy atom. The number of carbonyl (C=O) groups is 1. The highest BCUT2D eigenvalue weighted by Gasteiger charge is 2.31. The molecule has 1 aliphatic rings. The fourth-order valence-electron chi connectivity index (χ4n) is 2.70. The second-order valence-corrected chi connectivity index (χ2v) is 7.11. The van der Waals surface area contributed by atoms with E-state index in [1.807, 2.05) is 38.1 Å². The van der Waals surface area contributed by atoms with Gasteiger partial charge in [-0.3, -0.25) is 9.69 Å². The Hall–Kier alpha value is -2.18. The molecule has 6 heteroatoms. The number of aryl methyl sites for hydroxylation is 1. The SMILES string of the molecule is C=CCN1C(=O)/C(=C/c2cc(C)n(-c3ccccn3)c2C)SC1=S. The molecule has 24 heavy (non-hydrogen) atoms. The molecule has 3 rings (SSSR count). The minimum atomic E-state index is -0.0625. The molecule has 0 spiro atoms. The van der Waals surface area contributed by atoms with E-state index in [9.17, 15) is 4.79 Å². The highest BCUT2D eigenvalue weighted by molar-refractivity contribution is 8.26. The van der Waals surface area contributed by atoms with Crippen LogP contribution in [-0.2, 0) is 4.79 Å². The molecular weight excluding hydrogens is 338 g/mol. The fourth-order valence-corrected chi connectivity index (χ4v) is 3.97. The lowest BCUT2D eigenvalue weighted by molar-refractivity contribution is -0.121. The van der Waals surface area contributed by atoms with Gasteiger partial charge in [-0.1, -0.05) is 36.1 Å². The third-order valence-electron chi connectivity index (χ3n) is 3.82. The third kappa shape index (κ3) is 2.95. The van der Waals surface area contributed by atoms with Crippen LogP contribution in [0.25, 0.3) is 11.9 Å². The minimum absolute atomic E-state index is 0.0625. The molecule has 4 nitrogen and oxygen atoms in total. The van der Waals surface area contributed by atoms with Gasteiger partial charge in [-0.05, 0) is 43.7 Å². The lowest BCUT2D eigenvalue weighted by atomic mass is 10.2. The lowest BCUT2D eigenvalue weighted by Crippen LogP contribution is -2.27. The summed E-state index contributed by atoms with van der Waals surface area (Å²) in [5.74, 6) is 0.805. The standard InChI is InChI=1S/C18H17N3OS2/c1-4-9-20-17(22)15(24-18(20)23)11-14-10-12(2)21(13(14)3)16-7-5-6-8-19-16/h4-8,10-11H,1,9H2,2-3H3/b15-11-. The largest absolute Gasteiger partial charge is 0.303 e. The second-order valence-electron chi connectivity index (χ2n) is 5.43. The number of carbonyl (C=O) groups excluding carboxylic acids is 1. The average molecular weight is 355 g/mol. The van der Waals surface area contributed by atoms with Gasteiger partial charge in [-0.15, -0.1) is 6.58 Å². The molecule has 1 amide bonds. The van der Waals surface area contributed by atoms with Crippen molar-refractivity contribution in [3.63, 3.8) is 0 Å². The molecule has 122 valence electrons. The van der Waals surface area contributed by atoms with E-state index in [-0.39, 0.29) is 5.91 Å². The van der Waals surface area contributed by atoms with Gasteiger partial charge in [-0.2, -0.15) is 0 Å². The molecule has 2 aromatic heterocycles. The van der Waals surface area contributed by atoms with Gasteiger partial charge in [-0.25, -0.2) is 4.98 Å². The van der Waals surface area contributed by atoms with Crippen LogP contribution in [0.5, 0.6) is 0 Å². The van der Waals surface area contributed by atoms with Crippen LogP contribution < -0.4 is 0 Å². The van der Waals surface area contributed by atoms with Crippen LogP contribution in [0.15, 0.2) is 48.0 Å². The van der Waals surface area contributed by atoms with Crippen molar-refractivity contribution >= 4 is 40.3 Å². The summed E-state index contributed by atoms with van der Waals surface area (Å²) in [5.41, 5.74) is 3.11. The predicted octanol–water partition coefficient (Wildman–Crippen LogP) is 3.88. The van der Waals surface area contributed by atoms with Crippen molar-refractivity contribution in [1.29, 1.82) is 0 Å². The molecule has 1 saturated heterocycles. The van der Waals surface area contributed by atoms with Crippen molar-refractivity contribution < 1.29 is 4.79 Å². The number of pyridine rings is 1. The number of hydrogen-bond acceptors (Lipinski definition) is 4. The molecule has 3 heterocycles. The Bertz CT molecular complexity index is 853. The highest BCUT2D eigenvalue weighted by Crippen LogP contribution is 2.33. The van der Waals surface area contributed by atoms with E-state index in [1.54, 1.807) is 17.2 Å². The first-order chi connectivity index (χ1) is 11.5. The first kappa shape index (κ1) is 16.7. The minimum Gasteiger partial charge on any atom is -0.303 e. The summed E-state index contributed by atoms with van der Waals surface area (Å²) in [6.45, 7) is 8.17. The second kappa shape index (κ2) is 6.75. The van der Waals surface area contributed by atoms with E-state index in [1.165, 1.54) is 11.8 Å². The van der Waals surface area contributed by atoms with Crippen LogP contribution in [-0.4, -0.2) is 31.2 Å². The number of thioether (sulfide) groups is 1. The molecule has 0 N–H and O–H groups in total. The fraction of sp³-hybridized carbons (Fsp3) is 0.167. The van der Waals surface area contributed by atoms with Gasteiger partial charge in [0.2, 0.25) is 0 Å². The van der Waals surface area contributed by atoms with E-state index in [0.29, 0.717) is 15.8 Å². The molecule has 2 aromatic rings. The molecule has 0 saturated carbocycles. The van der Waals surface area contributed by atoms with Crippen LogP contribution in [0.2, 0.25) is 0 Å². The van der Waals surface area contributed by atoms with Gasteiger partial charge in [0.25, 0.3) is 5.91 Å². The molecule has 1 aliphatic heterocycles. The first-order valence-electron chi connectivity index (χ1n) is 7.49.